The van der Waals surface area contributed by atoms with E-state index in [1.165, 1.54) is 23.5 Å². The quantitative estimate of drug-likeness (QED) is 0.654. The van der Waals surface area contributed by atoms with Gasteiger partial charge in [-0.05, 0) is 24.3 Å². The first-order valence-corrected chi connectivity index (χ1v) is 9.17. The molecule has 0 aliphatic carbocycles. The number of thioether (sulfide) groups is 1. The van der Waals surface area contributed by atoms with Crippen molar-refractivity contribution in [2.45, 2.75) is 25.0 Å². The van der Waals surface area contributed by atoms with Crippen molar-refractivity contribution < 1.29 is 13.6 Å². The van der Waals surface area contributed by atoms with Gasteiger partial charge >= 0.3 is 0 Å². The van der Waals surface area contributed by atoms with Gasteiger partial charge < -0.3 is 4.42 Å². The molecular weight excluding hydrogens is 365 g/mol. The molecule has 0 spiro atoms. The summed E-state index contributed by atoms with van der Waals surface area (Å²) >= 11 is 2.46. The zero-order valence-corrected chi connectivity index (χ0v) is 15.0. The van der Waals surface area contributed by atoms with Crippen LogP contribution in [0.2, 0.25) is 0 Å². The monoisotopic (exact) mass is 379 g/mol. The second-order valence-corrected chi connectivity index (χ2v) is 7.25. The highest BCUT2D eigenvalue weighted by Crippen LogP contribution is 2.25. The summed E-state index contributed by atoms with van der Waals surface area (Å²) in [5, 5.41) is 20.0. The Labute approximate surface area is 151 Å². The van der Waals surface area contributed by atoms with Crippen molar-refractivity contribution in [1.82, 2.24) is 20.4 Å². The molecule has 0 atom stereocenters. The maximum absolute atomic E-state index is 12.9. The van der Waals surface area contributed by atoms with Gasteiger partial charge in [-0.3, -0.25) is 10.1 Å². The molecule has 0 aliphatic rings. The highest BCUT2D eigenvalue weighted by Gasteiger charge is 2.13. The number of hydrogen-bond donors (Lipinski definition) is 1. The summed E-state index contributed by atoms with van der Waals surface area (Å²) in [6.07, 6.45) is 0. The second kappa shape index (κ2) is 7.70. The predicted molar refractivity (Wildman–Crippen MR) is 93.0 cm³/mol. The van der Waals surface area contributed by atoms with Gasteiger partial charge in [0.2, 0.25) is 16.9 Å². The van der Waals surface area contributed by atoms with Crippen molar-refractivity contribution in [3.05, 3.63) is 35.1 Å². The van der Waals surface area contributed by atoms with E-state index < -0.39 is 0 Å². The van der Waals surface area contributed by atoms with E-state index in [0.29, 0.717) is 10.7 Å². The summed E-state index contributed by atoms with van der Waals surface area (Å²) in [5.41, 5.74) is 0.611. The molecule has 3 rings (SSSR count). The Bertz CT molecular complexity index is 863. The van der Waals surface area contributed by atoms with E-state index in [0.717, 1.165) is 16.8 Å². The van der Waals surface area contributed by atoms with Crippen LogP contribution in [0.4, 0.5) is 9.52 Å². The van der Waals surface area contributed by atoms with Gasteiger partial charge in [0.1, 0.15) is 10.8 Å². The number of nitrogens with one attached hydrogen (secondary N) is 1. The summed E-state index contributed by atoms with van der Waals surface area (Å²) in [6, 6.07) is 5.72. The van der Waals surface area contributed by atoms with Crippen LogP contribution in [0.5, 0.6) is 0 Å². The molecule has 0 saturated heterocycles. The number of rotatable bonds is 6. The number of nitrogens with zero attached hydrogens (tertiary/aromatic N) is 4. The van der Waals surface area contributed by atoms with E-state index in [9.17, 15) is 9.18 Å². The number of aromatic nitrogens is 4. The van der Waals surface area contributed by atoms with Crippen LogP contribution in [0.1, 0.15) is 24.8 Å². The molecule has 0 bridgehead atoms. The number of amides is 1. The molecule has 10 heteroatoms. The number of halogens is 1. The van der Waals surface area contributed by atoms with Crippen LogP contribution in [0, 0.1) is 5.82 Å². The third kappa shape index (κ3) is 4.60. The van der Waals surface area contributed by atoms with Gasteiger partial charge in [-0.1, -0.05) is 36.9 Å². The lowest BCUT2D eigenvalue weighted by molar-refractivity contribution is -0.113. The van der Waals surface area contributed by atoms with Gasteiger partial charge in [-0.2, -0.15) is 0 Å². The molecule has 1 N–H and O–H groups in total. The summed E-state index contributed by atoms with van der Waals surface area (Å²) in [5.74, 6) is 0.0565. The number of benzene rings is 1. The Balaban J connectivity index is 1.54. The largest absolute Gasteiger partial charge is 0.411 e. The SMILES string of the molecule is CC(C)c1nnc(NC(=O)CSc2nnc(-c3ccc(F)cc3)o2)s1. The maximum Gasteiger partial charge on any atom is 0.277 e. The van der Waals surface area contributed by atoms with Crippen molar-refractivity contribution in [2.24, 2.45) is 0 Å². The topological polar surface area (TPSA) is 93.8 Å². The molecule has 2 aromatic heterocycles. The van der Waals surface area contributed by atoms with Crippen LogP contribution >= 0.6 is 23.1 Å². The molecule has 3 aromatic rings. The van der Waals surface area contributed by atoms with Gasteiger partial charge in [0.15, 0.2) is 0 Å². The average Bonchev–Trinajstić information content (AvgIpc) is 3.23. The Hall–Kier alpha value is -2.33. The Morgan fingerprint density at radius 3 is 2.68 bits per heavy atom. The fourth-order valence-electron chi connectivity index (χ4n) is 1.78. The first kappa shape index (κ1) is 17.5. The molecule has 1 amide bonds. The second-order valence-electron chi connectivity index (χ2n) is 5.32. The molecule has 7 nitrogen and oxygen atoms in total. The van der Waals surface area contributed by atoms with E-state index in [1.54, 1.807) is 12.1 Å². The van der Waals surface area contributed by atoms with Crippen LogP contribution in [-0.4, -0.2) is 32.1 Å². The van der Waals surface area contributed by atoms with Crippen LogP contribution in [-0.2, 0) is 4.79 Å². The number of carbonyl (C=O) groups excluding carboxylic acids is 1. The molecule has 25 heavy (non-hydrogen) atoms. The zero-order chi connectivity index (χ0) is 17.8. The van der Waals surface area contributed by atoms with Gasteiger partial charge in [-0.25, -0.2) is 4.39 Å². The molecule has 0 unspecified atom stereocenters. The minimum Gasteiger partial charge on any atom is -0.411 e. The lowest BCUT2D eigenvalue weighted by Crippen LogP contribution is -2.13. The van der Waals surface area contributed by atoms with Crippen LogP contribution in [0.3, 0.4) is 0 Å². The summed E-state index contributed by atoms with van der Waals surface area (Å²) in [7, 11) is 0. The van der Waals surface area contributed by atoms with Crippen molar-refractivity contribution in [2.75, 3.05) is 11.1 Å². The lowest BCUT2D eigenvalue weighted by atomic mass is 10.2. The smallest absolute Gasteiger partial charge is 0.277 e. The minimum atomic E-state index is -0.341. The molecule has 0 radical (unpaired) electrons. The minimum absolute atomic E-state index is 0.0989. The summed E-state index contributed by atoms with van der Waals surface area (Å²) in [6.45, 7) is 4.02. The van der Waals surface area contributed by atoms with E-state index in [4.69, 9.17) is 4.42 Å². The highest BCUT2D eigenvalue weighted by molar-refractivity contribution is 7.99. The van der Waals surface area contributed by atoms with E-state index >= 15 is 0 Å². The van der Waals surface area contributed by atoms with E-state index in [1.807, 2.05) is 13.8 Å². The number of carbonyl (C=O) groups is 1. The maximum atomic E-state index is 12.9. The third-order valence-corrected chi connectivity index (χ3v) is 4.96. The molecule has 2 heterocycles. The number of hydrogen-bond acceptors (Lipinski definition) is 8. The van der Waals surface area contributed by atoms with Gasteiger partial charge in [0.25, 0.3) is 5.22 Å². The van der Waals surface area contributed by atoms with E-state index in [2.05, 4.69) is 25.7 Å². The van der Waals surface area contributed by atoms with Crippen molar-refractivity contribution in [1.29, 1.82) is 0 Å². The van der Waals surface area contributed by atoms with Crippen LogP contribution in [0.15, 0.2) is 33.9 Å². The summed E-state index contributed by atoms with van der Waals surface area (Å²) in [4.78, 5) is 12.0. The Kier molecular flexibility index (Phi) is 5.39. The number of anilines is 1. The molecule has 130 valence electrons. The normalized spacial score (nSPS) is 11.0. The van der Waals surface area contributed by atoms with E-state index in [-0.39, 0.29) is 34.5 Å². The molecule has 0 fully saturated rings. The van der Waals surface area contributed by atoms with Crippen LogP contribution in [0.25, 0.3) is 11.5 Å². The van der Waals surface area contributed by atoms with Crippen LogP contribution < -0.4 is 5.32 Å². The zero-order valence-electron chi connectivity index (χ0n) is 13.4. The summed E-state index contributed by atoms with van der Waals surface area (Å²) < 4.78 is 18.4. The van der Waals surface area contributed by atoms with Gasteiger partial charge in [0, 0.05) is 11.5 Å². The van der Waals surface area contributed by atoms with Crippen molar-refractivity contribution in [3.8, 4) is 11.5 Å². The fraction of sp³-hybridized carbons (Fsp3) is 0.267. The first-order chi connectivity index (χ1) is 12.0. The molecular formula is C15H14FN5O2S2. The average molecular weight is 379 g/mol. The van der Waals surface area contributed by atoms with Gasteiger partial charge in [-0.15, -0.1) is 20.4 Å². The fourth-order valence-corrected chi connectivity index (χ4v) is 3.10. The lowest BCUT2D eigenvalue weighted by Gasteiger charge is -1.98. The Morgan fingerprint density at radius 1 is 1.24 bits per heavy atom. The van der Waals surface area contributed by atoms with Crippen molar-refractivity contribution >= 4 is 34.1 Å². The van der Waals surface area contributed by atoms with Crippen molar-refractivity contribution in [3.63, 3.8) is 0 Å². The standard InChI is InChI=1S/C15H14FN5O2S2/c1-8(2)13-19-20-14(25-13)17-11(22)7-24-15-21-18-12(23-15)9-3-5-10(16)6-4-9/h3-6,8H,7H2,1-2H3,(H,17,20,22). The Morgan fingerprint density at radius 2 is 2.00 bits per heavy atom. The van der Waals surface area contributed by atoms with Gasteiger partial charge in [0.05, 0.1) is 5.75 Å². The predicted octanol–water partition coefficient (Wildman–Crippen LogP) is 3.58. The highest BCUT2D eigenvalue weighted by atomic mass is 32.2. The molecule has 1 aromatic carbocycles. The molecule has 0 aliphatic heterocycles. The first-order valence-electron chi connectivity index (χ1n) is 7.37. The third-order valence-electron chi connectivity index (χ3n) is 3.01. The molecule has 0 saturated carbocycles.